The highest BCUT2D eigenvalue weighted by molar-refractivity contribution is 6.23. The van der Waals surface area contributed by atoms with Gasteiger partial charge in [-0.1, -0.05) is 6.42 Å². The molecule has 3 aliphatic rings. The van der Waals surface area contributed by atoms with Crippen LogP contribution >= 0.6 is 0 Å². The van der Waals surface area contributed by atoms with Crippen molar-refractivity contribution in [1.29, 1.82) is 0 Å². The van der Waals surface area contributed by atoms with Crippen LogP contribution in [0.3, 0.4) is 0 Å². The largest absolute Gasteiger partial charge is 0.333 e. The number of carbonyl (C=O) groups is 3. The fraction of sp³-hybridized carbons (Fsp3) is 0.722. The molecule has 3 unspecified atom stereocenters. The molecule has 0 aromatic heterocycles. The minimum Gasteiger partial charge on any atom is -0.295 e. The normalized spacial score (nSPS) is 28.4. The van der Waals surface area contributed by atoms with E-state index in [0.29, 0.717) is 24.3 Å². The van der Waals surface area contributed by atoms with E-state index in [9.17, 15) is 14.4 Å². The number of likely N-dealkylation sites (tertiary alicyclic amines) is 1. The lowest BCUT2D eigenvalue weighted by molar-refractivity contribution is -0.556. The molecular weight excluding hydrogens is 334 g/mol. The van der Waals surface area contributed by atoms with E-state index in [1.165, 1.54) is 25.3 Å². The number of nitrogens with zero attached hydrogens (tertiary/aromatic N) is 5. The van der Waals surface area contributed by atoms with Gasteiger partial charge in [-0.2, -0.15) is 0 Å². The Hall–Kier alpha value is -2.09. The number of ketones is 1. The highest BCUT2D eigenvalue weighted by Crippen LogP contribution is 2.23. The Balaban J connectivity index is 2.01. The molecule has 0 radical (unpaired) electrons. The van der Waals surface area contributed by atoms with E-state index in [2.05, 4.69) is 16.8 Å². The number of fused-ring (bicyclic) bond motifs is 1. The quantitative estimate of drug-likeness (QED) is 0.685. The van der Waals surface area contributed by atoms with Crippen molar-refractivity contribution in [3.8, 4) is 0 Å². The summed E-state index contributed by atoms with van der Waals surface area (Å²) in [5, 5.41) is 0. The summed E-state index contributed by atoms with van der Waals surface area (Å²) in [6.45, 7) is 7.07. The van der Waals surface area contributed by atoms with Crippen LogP contribution in [0, 0.1) is 0 Å². The Labute approximate surface area is 154 Å². The summed E-state index contributed by atoms with van der Waals surface area (Å²) in [7, 11) is 3.10. The van der Waals surface area contributed by atoms with Gasteiger partial charge in [0.1, 0.15) is 6.54 Å². The summed E-state index contributed by atoms with van der Waals surface area (Å²) in [4.78, 5) is 46.7. The van der Waals surface area contributed by atoms with Gasteiger partial charge in [-0.15, -0.1) is 0 Å². The summed E-state index contributed by atoms with van der Waals surface area (Å²) in [5.74, 6) is 0.762. The number of piperidine rings is 1. The molecule has 8 heteroatoms. The van der Waals surface area contributed by atoms with Gasteiger partial charge in [-0.3, -0.25) is 24.3 Å². The Morgan fingerprint density at radius 3 is 2.58 bits per heavy atom. The second kappa shape index (κ2) is 6.90. The Kier molecular flexibility index (Phi) is 4.96. The Morgan fingerprint density at radius 2 is 1.96 bits per heavy atom. The van der Waals surface area contributed by atoms with Gasteiger partial charge in [0.05, 0.1) is 0 Å². The van der Waals surface area contributed by atoms with Gasteiger partial charge in [0, 0.05) is 20.1 Å². The number of amidine groups is 2. The van der Waals surface area contributed by atoms with Crippen molar-refractivity contribution in [3.63, 3.8) is 0 Å². The van der Waals surface area contributed by atoms with Crippen molar-refractivity contribution in [2.24, 2.45) is 4.99 Å². The third-order valence-electron chi connectivity index (χ3n) is 5.84. The maximum Gasteiger partial charge on any atom is 0.333 e. The van der Waals surface area contributed by atoms with E-state index in [0.717, 1.165) is 24.3 Å². The highest BCUT2D eigenvalue weighted by atomic mass is 16.2. The number of imide groups is 1. The molecule has 3 amide bonds. The molecule has 8 nitrogen and oxygen atoms in total. The van der Waals surface area contributed by atoms with E-state index in [4.69, 9.17) is 0 Å². The SMILES string of the molecule is CC(=O)C(C)[N+]1=C(CN2CCCCC2C)N=C2C1C(=O)N(C)C(=O)N2C. The maximum absolute atomic E-state index is 12.8. The summed E-state index contributed by atoms with van der Waals surface area (Å²) in [6.07, 6.45) is 3.49. The molecule has 2 fully saturated rings. The van der Waals surface area contributed by atoms with Gasteiger partial charge >= 0.3 is 11.9 Å². The lowest BCUT2D eigenvalue weighted by Gasteiger charge is -2.33. The molecule has 0 spiro atoms. The molecule has 0 bridgehead atoms. The second-order valence-electron chi connectivity index (χ2n) is 7.54. The monoisotopic (exact) mass is 362 g/mol. The first kappa shape index (κ1) is 18.7. The van der Waals surface area contributed by atoms with Crippen molar-refractivity contribution in [2.45, 2.75) is 58.2 Å². The Morgan fingerprint density at radius 1 is 1.27 bits per heavy atom. The van der Waals surface area contributed by atoms with Crippen molar-refractivity contribution < 1.29 is 19.0 Å². The van der Waals surface area contributed by atoms with E-state index in [1.54, 1.807) is 18.5 Å². The fourth-order valence-corrected chi connectivity index (χ4v) is 3.95. The number of likely N-dealkylation sites (N-methyl/N-ethyl adjacent to an activating group) is 2. The predicted molar refractivity (Wildman–Crippen MR) is 97.4 cm³/mol. The molecule has 3 rings (SSSR count). The first-order chi connectivity index (χ1) is 12.2. The zero-order valence-corrected chi connectivity index (χ0v) is 16.2. The Bertz CT molecular complexity index is 714. The van der Waals surface area contributed by atoms with Crippen LogP contribution in [0.1, 0.15) is 40.0 Å². The average molecular weight is 362 g/mol. The fourth-order valence-electron chi connectivity index (χ4n) is 3.95. The lowest BCUT2D eigenvalue weighted by atomic mass is 10.0. The molecule has 0 aliphatic carbocycles. The van der Waals surface area contributed by atoms with Gasteiger partial charge < -0.3 is 0 Å². The van der Waals surface area contributed by atoms with Crippen LogP contribution < -0.4 is 0 Å². The minimum absolute atomic E-state index is 0.0272. The third-order valence-corrected chi connectivity index (χ3v) is 5.84. The zero-order valence-electron chi connectivity index (χ0n) is 16.2. The summed E-state index contributed by atoms with van der Waals surface area (Å²) in [5.41, 5.74) is 0. The molecule has 142 valence electrons. The number of rotatable bonds is 4. The standard InChI is InChI=1S/C18H28N5O3/c1-11-8-6-7-9-22(11)10-14-19-16-15(23(14)12(2)13(3)24)17(25)21(5)18(26)20(16)4/h11-12,15H,6-10H2,1-5H3/q+1. The van der Waals surface area contributed by atoms with Crippen LogP contribution in [0.2, 0.25) is 0 Å². The summed E-state index contributed by atoms with van der Waals surface area (Å²) >= 11 is 0. The number of hydrogen-bond donors (Lipinski definition) is 0. The smallest absolute Gasteiger partial charge is 0.295 e. The topological polar surface area (TPSA) is 76.3 Å². The van der Waals surface area contributed by atoms with E-state index >= 15 is 0 Å². The van der Waals surface area contributed by atoms with Gasteiger partial charge in [0.2, 0.25) is 0 Å². The number of amides is 3. The first-order valence-corrected chi connectivity index (χ1v) is 9.26. The number of carbonyl (C=O) groups excluding carboxylic acids is 3. The molecule has 3 aliphatic heterocycles. The first-order valence-electron chi connectivity index (χ1n) is 9.26. The van der Waals surface area contributed by atoms with Gasteiger partial charge in [0.15, 0.2) is 11.8 Å². The van der Waals surface area contributed by atoms with E-state index < -0.39 is 18.1 Å². The van der Waals surface area contributed by atoms with Gasteiger partial charge in [-0.25, -0.2) is 9.37 Å². The van der Waals surface area contributed by atoms with Gasteiger partial charge in [0.25, 0.3) is 17.8 Å². The minimum atomic E-state index is -0.711. The number of hydrogen-bond acceptors (Lipinski definition) is 5. The maximum atomic E-state index is 12.8. The average Bonchev–Trinajstić information content (AvgIpc) is 2.98. The second-order valence-corrected chi connectivity index (χ2v) is 7.54. The molecule has 0 saturated carbocycles. The van der Waals surface area contributed by atoms with Gasteiger partial charge in [-0.05, 0) is 45.2 Å². The molecular formula is C18H28N5O3+. The molecule has 3 atom stereocenters. The summed E-state index contributed by atoms with van der Waals surface area (Å²) < 4.78 is 1.81. The summed E-state index contributed by atoms with van der Waals surface area (Å²) in [6, 6.07) is -1.15. The molecule has 0 aromatic rings. The molecule has 3 heterocycles. The van der Waals surface area contributed by atoms with Crippen molar-refractivity contribution in [3.05, 3.63) is 0 Å². The van der Waals surface area contributed by atoms with Crippen molar-refractivity contribution in [1.82, 2.24) is 14.7 Å². The van der Waals surface area contributed by atoms with Crippen molar-refractivity contribution >= 4 is 29.4 Å². The third kappa shape index (κ3) is 2.96. The van der Waals surface area contributed by atoms with E-state index in [-0.39, 0.29) is 11.7 Å². The number of urea groups is 1. The zero-order chi connectivity index (χ0) is 19.2. The van der Waals surface area contributed by atoms with Crippen LogP contribution in [0.25, 0.3) is 0 Å². The van der Waals surface area contributed by atoms with E-state index in [1.807, 2.05) is 0 Å². The van der Waals surface area contributed by atoms with Crippen LogP contribution in [0.4, 0.5) is 4.79 Å². The van der Waals surface area contributed by atoms with Crippen LogP contribution in [0.15, 0.2) is 4.99 Å². The van der Waals surface area contributed by atoms with Crippen LogP contribution in [-0.4, -0.2) is 94.0 Å². The molecule has 0 aromatic carbocycles. The van der Waals surface area contributed by atoms with Crippen molar-refractivity contribution in [2.75, 3.05) is 27.2 Å². The van der Waals surface area contributed by atoms with Crippen LogP contribution in [-0.2, 0) is 9.59 Å². The molecule has 0 N–H and O–H groups in total. The molecule has 26 heavy (non-hydrogen) atoms. The molecule has 2 saturated heterocycles. The predicted octanol–water partition coefficient (Wildman–Crippen LogP) is 0.554. The number of aliphatic imine (C=N–C) groups is 1. The lowest BCUT2D eigenvalue weighted by Crippen LogP contribution is -2.63. The highest BCUT2D eigenvalue weighted by Gasteiger charge is 2.54. The van der Waals surface area contributed by atoms with Crippen LogP contribution in [0.5, 0.6) is 0 Å². The number of Topliss-reactive ketones (excluding diaryl/α,β-unsaturated/α-hetero) is 1.